The lowest BCUT2D eigenvalue weighted by Gasteiger charge is -2.17. The lowest BCUT2D eigenvalue weighted by molar-refractivity contribution is 0.498. The van der Waals surface area contributed by atoms with Crippen molar-refractivity contribution in [3.05, 3.63) is 35.2 Å². The summed E-state index contributed by atoms with van der Waals surface area (Å²) in [4.78, 5) is 0. The minimum absolute atomic E-state index is 0.524. The maximum atomic E-state index is 3.62. The summed E-state index contributed by atoms with van der Waals surface area (Å²) in [6.07, 6.45) is 3.80. The Morgan fingerprint density at radius 2 is 2.06 bits per heavy atom. The zero-order valence-corrected chi connectivity index (χ0v) is 11.5. The van der Waals surface area contributed by atoms with Crippen molar-refractivity contribution in [3.63, 3.8) is 0 Å². The maximum Gasteiger partial charge on any atom is 0.0346 e. The molecule has 17 heavy (non-hydrogen) atoms. The molecule has 0 bridgehead atoms. The van der Waals surface area contributed by atoms with Crippen molar-refractivity contribution in [2.24, 2.45) is 0 Å². The summed E-state index contributed by atoms with van der Waals surface area (Å²) in [7, 11) is 0. The number of rotatable bonds is 6. The average Bonchev–Trinajstić information content (AvgIpc) is 2.78. The lowest BCUT2D eigenvalue weighted by atomic mass is 10.0. The van der Waals surface area contributed by atoms with E-state index in [0.29, 0.717) is 6.04 Å². The molecule has 0 fully saturated rings. The van der Waals surface area contributed by atoms with E-state index in [4.69, 9.17) is 0 Å². The van der Waals surface area contributed by atoms with E-state index in [1.165, 1.54) is 34.9 Å². The summed E-state index contributed by atoms with van der Waals surface area (Å²) in [5.74, 6) is 0. The van der Waals surface area contributed by atoms with Gasteiger partial charge in [0.2, 0.25) is 0 Å². The summed E-state index contributed by atoms with van der Waals surface area (Å²) in [5, 5.41) is 7.38. The molecule has 1 aromatic heterocycles. The van der Waals surface area contributed by atoms with Crippen LogP contribution in [0, 0.1) is 0 Å². The second kappa shape index (κ2) is 6.18. The summed E-state index contributed by atoms with van der Waals surface area (Å²) in [6, 6.07) is 9.25. The second-order valence-electron chi connectivity index (χ2n) is 4.44. The molecule has 92 valence electrons. The molecular formula is C15H21NS. The standard InChI is InChI=1S/C15H21NS/c1-3-5-9-14(16-4-2)13-11-17-15-10-7-6-8-12(13)15/h6-8,10-11,14,16H,3-5,9H2,1-2H3. The first-order valence-electron chi connectivity index (χ1n) is 6.56. The Morgan fingerprint density at radius 1 is 1.24 bits per heavy atom. The van der Waals surface area contributed by atoms with Crippen molar-refractivity contribution < 1.29 is 0 Å². The summed E-state index contributed by atoms with van der Waals surface area (Å²) >= 11 is 1.86. The fourth-order valence-corrected chi connectivity index (χ4v) is 3.31. The fraction of sp³-hybridized carbons (Fsp3) is 0.467. The summed E-state index contributed by atoms with van der Waals surface area (Å²) in [6.45, 7) is 5.49. The zero-order chi connectivity index (χ0) is 12.1. The van der Waals surface area contributed by atoms with Crippen LogP contribution in [0.2, 0.25) is 0 Å². The van der Waals surface area contributed by atoms with E-state index in [1.54, 1.807) is 0 Å². The van der Waals surface area contributed by atoms with Crippen LogP contribution in [0.5, 0.6) is 0 Å². The highest BCUT2D eigenvalue weighted by Crippen LogP contribution is 2.32. The predicted octanol–water partition coefficient (Wildman–Crippen LogP) is 4.74. The largest absolute Gasteiger partial charge is 0.310 e. The van der Waals surface area contributed by atoms with Crippen molar-refractivity contribution in [2.45, 2.75) is 39.2 Å². The molecule has 2 heteroatoms. The third-order valence-electron chi connectivity index (χ3n) is 3.18. The topological polar surface area (TPSA) is 12.0 Å². The van der Waals surface area contributed by atoms with Gasteiger partial charge in [-0.1, -0.05) is 44.9 Å². The van der Waals surface area contributed by atoms with E-state index in [9.17, 15) is 0 Å². The lowest BCUT2D eigenvalue weighted by Crippen LogP contribution is -2.20. The highest BCUT2D eigenvalue weighted by molar-refractivity contribution is 7.17. The number of fused-ring (bicyclic) bond motifs is 1. The van der Waals surface area contributed by atoms with Gasteiger partial charge in [-0.05, 0) is 35.4 Å². The molecule has 2 rings (SSSR count). The molecule has 0 radical (unpaired) electrons. The molecule has 1 nitrogen and oxygen atoms in total. The number of benzene rings is 1. The predicted molar refractivity (Wildman–Crippen MR) is 77.8 cm³/mol. The Kier molecular flexibility index (Phi) is 4.57. The van der Waals surface area contributed by atoms with Gasteiger partial charge in [0.15, 0.2) is 0 Å². The Balaban J connectivity index is 2.27. The molecule has 0 aliphatic heterocycles. The second-order valence-corrected chi connectivity index (χ2v) is 5.35. The molecule has 2 aromatic rings. The summed E-state index contributed by atoms with van der Waals surface area (Å²) < 4.78 is 1.40. The first-order valence-corrected chi connectivity index (χ1v) is 7.44. The van der Waals surface area contributed by atoms with Crippen molar-refractivity contribution in [1.82, 2.24) is 5.32 Å². The van der Waals surface area contributed by atoms with Crippen LogP contribution in [-0.4, -0.2) is 6.54 Å². The quantitative estimate of drug-likeness (QED) is 0.777. The zero-order valence-electron chi connectivity index (χ0n) is 10.7. The van der Waals surface area contributed by atoms with E-state index >= 15 is 0 Å². The highest BCUT2D eigenvalue weighted by Gasteiger charge is 2.13. The Morgan fingerprint density at radius 3 is 2.82 bits per heavy atom. The SMILES string of the molecule is CCCCC(NCC)c1csc2ccccc12. The van der Waals surface area contributed by atoms with Gasteiger partial charge in [-0.25, -0.2) is 0 Å². The number of nitrogens with one attached hydrogen (secondary N) is 1. The molecule has 1 atom stereocenters. The van der Waals surface area contributed by atoms with Gasteiger partial charge < -0.3 is 5.32 Å². The number of thiophene rings is 1. The molecule has 1 aromatic carbocycles. The number of hydrogen-bond donors (Lipinski definition) is 1. The van der Waals surface area contributed by atoms with Crippen molar-refractivity contribution in [3.8, 4) is 0 Å². The van der Waals surface area contributed by atoms with Gasteiger partial charge in [-0.15, -0.1) is 11.3 Å². The third-order valence-corrected chi connectivity index (χ3v) is 4.16. The van der Waals surface area contributed by atoms with Crippen LogP contribution in [-0.2, 0) is 0 Å². The van der Waals surface area contributed by atoms with Gasteiger partial charge >= 0.3 is 0 Å². The Labute approximate surface area is 108 Å². The highest BCUT2D eigenvalue weighted by atomic mass is 32.1. The van der Waals surface area contributed by atoms with E-state index in [2.05, 4.69) is 48.8 Å². The Bertz CT molecular complexity index is 461. The molecular weight excluding hydrogens is 226 g/mol. The van der Waals surface area contributed by atoms with E-state index in [-0.39, 0.29) is 0 Å². The van der Waals surface area contributed by atoms with Gasteiger partial charge in [-0.2, -0.15) is 0 Å². The molecule has 0 aliphatic carbocycles. The smallest absolute Gasteiger partial charge is 0.0346 e. The van der Waals surface area contributed by atoms with Gasteiger partial charge in [0.1, 0.15) is 0 Å². The molecule has 1 N–H and O–H groups in total. The third kappa shape index (κ3) is 2.88. The average molecular weight is 247 g/mol. The van der Waals surface area contributed by atoms with E-state index in [0.717, 1.165) is 6.54 Å². The van der Waals surface area contributed by atoms with Gasteiger partial charge in [-0.3, -0.25) is 0 Å². The van der Waals surface area contributed by atoms with E-state index < -0.39 is 0 Å². The molecule has 0 aliphatic rings. The van der Waals surface area contributed by atoms with Gasteiger partial charge in [0, 0.05) is 10.7 Å². The first kappa shape index (κ1) is 12.6. The molecule has 0 spiro atoms. The Hall–Kier alpha value is -0.860. The fourth-order valence-electron chi connectivity index (χ4n) is 2.29. The van der Waals surface area contributed by atoms with Gasteiger partial charge in [0.25, 0.3) is 0 Å². The molecule has 1 unspecified atom stereocenters. The van der Waals surface area contributed by atoms with Crippen molar-refractivity contribution >= 4 is 21.4 Å². The first-order chi connectivity index (χ1) is 8.36. The maximum absolute atomic E-state index is 3.62. The van der Waals surface area contributed by atoms with Crippen LogP contribution in [0.1, 0.15) is 44.7 Å². The molecule has 1 heterocycles. The number of unbranched alkanes of at least 4 members (excludes halogenated alkanes) is 1. The van der Waals surface area contributed by atoms with E-state index in [1.807, 2.05) is 11.3 Å². The molecule has 0 saturated carbocycles. The van der Waals surface area contributed by atoms with Crippen LogP contribution in [0.15, 0.2) is 29.6 Å². The minimum atomic E-state index is 0.524. The van der Waals surface area contributed by atoms with Crippen LogP contribution in [0.4, 0.5) is 0 Å². The normalized spacial score (nSPS) is 13.1. The van der Waals surface area contributed by atoms with Crippen molar-refractivity contribution in [2.75, 3.05) is 6.54 Å². The van der Waals surface area contributed by atoms with Crippen LogP contribution < -0.4 is 5.32 Å². The van der Waals surface area contributed by atoms with Crippen molar-refractivity contribution in [1.29, 1.82) is 0 Å². The van der Waals surface area contributed by atoms with Crippen LogP contribution in [0.3, 0.4) is 0 Å². The van der Waals surface area contributed by atoms with Crippen LogP contribution in [0.25, 0.3) is 10.1 Å². The molecule has 0 amide bonds. The minimum Gasteiger partial charge on any atom is -0.310 e. The monoisotopic (exact) mass is 247 g/mol. The summed E-state index contributed by atoms with van der Waals surface area (Å²) in [5.41, 5.74) is 1.49. The van der Waals surface area contributed by atoms with Crippen LogP contribution >= 0.6 is 11.3 Å². The van der Waals surface area contributed by atoms with Gasteiger partial charge in [0.05, 0.1) is 0 Å². The molecule has 0 saturated heterocycles. The number of hydrogen-bond acceptors (Lipinski definition) is 2.